The first-order chi connectivity index (χ1) is 31.0. The molecule has 0 aromatic heterocycles. The lowest BCUT2D eigenvalue weighted by atomic mass is 10.1. The molecule has 358 valence electrons. The summed E-state index contributed by atoms with van der Waals surface area (Å²) in [5, 5.41) is 0. The molecule has 0 aliphatic heterocycles. The molecule has 6 heteroatoms. The maximum Gasteiger partial charge on any atom is 0.306 e. The molecule has 0 aliphatic rings. The molecule has 6 nitrogen and oxygen atoms in total. The molecule has 1 unspecified atom stereocenters. The van der Waals surface area contributed by atoms with Crippen LogP contribution in [0.1, 0.15) is 226 Å². The van der Waals surface area contributed by atoms with Crippen molar-refractivity contribution >= 4 is 17.9 Å². The molecular formula is C57H94O6. The zero-order chi connectivity index (χ0) is 45.8. The molecule has 0 bridgehead atoms. The zero-order valence-corrected chi connectivity index (χ0v) is 40.8. The second-order valence-corrected chi connectivity index (χ2v) is 16.7. The van der Waals surface area contributed by atoms with Crippen LogP contribution in [0.15, 0.2) is 97.2 Å². The van der Waals surface area contributed by atoms with Crippen molar-refractivity contribution in [3.8, 4) is 0 Å². The van der Waals surface area contributed by atoms with E-state index in [1.165, 1.54) is 77.0 Å². The molecule has 0 rings (SSSR count). The van der Waals surface area contributed by atoms with E-state index in [0.29, 0.717) is 12.8 Å². The summed E-state index contributed by atoms with van der Waals surface area (Å²) in [4.78, 5) is 37.9. The third kappa shape index (κ3) is 49.2. The Morgan fingerprint density at radius 2 is 0.651 bits per heavy atom. The molecule has 0 radical (unpaired) electrons. The summed E-state index contributed by atoms with van der Waals surface area (Å²) in [7, 11) is 0. The van der Waals surface area contributed by atoms with E-state index in [-0.39, 0.29) is 44.0 Å². The fraction of sp³-hybridized carbons (Fsp3) is 0.667. The van der Waals surface area contributed by atoms with Gasteiger partial charge in [-0.15, -0.1) is 0 Å². The molecule has 0 aliphatic carbocycles. The van der Waals surface area contributed by atoms with Crippen LogP contribution in [0, 0.1) is 0 Å². The van der Waals surface area contributed by atoms with Crippen LogP contribution in [0.25, 0.3) is 0 Å². The zero-order valence-electron chi connectivity index (χ0n) is 40.8. The van der Waals surface area contributed by atoms with Crippen LogP contribution in [-0.2, 0) is 28.6 Å². The third-order valence-corrected chi connectivity index (χ3v) is 10.6. The number of allylic oxidation sites excluding steroid dienone is 16. The van der Waals surface area contributed by atoms with Gasteiger partial charge in [0.2, 0.25) is 0 Å². The Labute approximate surface area is 387 Å². The van der Waals surface area contributed by atoms with Crippen molar-refractivity contribution in [2.75, 3.05) is 13.2 Å². The van der Waals surface area contributed by atoms with Crippen molar-refractivity contribution in [1.29, 1.82) is 0 Å². The van der Waals surface area contributed by atoms with E-state index in [4.69, 9.17) is 14.2 Å². The van der Waals surface area contributed by atoms with Gasteiger partial charge in [-0.2, -0.15) is 0 Å². The minimum absolute atomic E-state index is 0.112. The summed E-state index contributed by atoms with van der Waals surface area (Å²) >= 11 is 0. The summed E-state index contributed by atoms with van der Waals surface area (Å²) in [6, 6.07) is 0. The number of hydrogen-bond acceptors (Lipinski definition) is 6. The molecule has 0 aromatic rings. The van der Waals surface area contributed by atoms with Gasteiger partial charge in [-0.1, -0.05) is 195 Å². The lowest BCUT2D eigenvalue weighted by molar-refractivity contribution is -0.166. The number of rotatable bonds is 45. The Kier molecular flexibility index (Phi) is 48.0. The van der Waals surface area contributed by atoms with Crippen molar-refractivity contribution < 1.29 is 28.6 Å². The van der Waals surface area contributed by atoms with Crippen LogP contribution in [0.4, 0.5) is 0 Å². The van der Waals surface area contributed by atoms with Crippen LogP contribution in [0.3, 0.4) is 0 Å². The maximum atomic E-state index is 12.8. The van der Waals surface area contributed by atoms with Gasteiger partial charge in [-0.05, 0) is 109 Å². The van der Waals surface area contributed by atoms with Crippen molar-refractivity contribution in [2.45, 2.75) is 232 Å². The lowest BCUT2D eigenvalue weighted by Gasteiger charge is -2.18. The highest BCUT2D eigenvalue weighted by Crippen LogP contribution is 2.13. The summed E-state index contributed by atoms with van der Waals surface area (Å²) < 4.78 is 16.7. The van der Waals surface area contributed by atoms with Gasteiger partial charge < -0.3 is 14.2 Å². The maximum absolute atomic E-state index is 12.8. The van der Waals surface area contributed by atoms with Crippen LogP contribution in [0.2, 0.25) is 0 Å². The SMILES string of the molecule is CC/C=C\C/C=C\C/C=C\C/C=C\C/C=C\C/C=C\CCC(=O)OCC(COC(=O)CCCCCCC/C=C\CCCCC)OC(=O)CCCCC/C=C\CCCCCCCCC. The van der Waals surface area contributed by atoms with Crippen LogP contribution >= 0.6 is 0 Å². The quantitative estimate of drug-likeness (QED) is 0.0262. The van der Waals surface area contributed by atoms with Crippen molar-refractivity contribution in [2.24, 2.45) is 0 Å². The molecule has 0 fully saturated rings. The van der Waals surface area contributed by atoms with Gasteiger partial charge in [-0.25, -0.2) is 0 Å². The molecule has 63 heavy (non-hydrogen) atoms. The molecule has 0 heterocycles. The van der Waals surface area contributed by atoms with Crippen molar-refractivity contribution in [1.82, 2.24) is 0 Å². The fourth-order valence-electron chi connectivity index (χ4n) is 6.69. The predicted molar refractivity (Wildman–Crippen MR) is 270 cm³/mol. The number of carbonyl (C=O) groups is 3. The van der Waals surface area contributed by atoms with Crippen molar-refractivity contribution in [3.63, 3.8) is 0 Å². The fourth-order valence-corrected chi connectivity index (χ4v) is 6.69. The van der Waals surface area contributed by atoms with Gasteiger partial charge in [0.1, 0.15) is 13.2 Å². The minimum atomic E-state index is -0.819. The Morgan fingerprint density at radius 1 is 0.333 bits per heavy atom. The van der Waals surface area contributed by atoms with E-state index in [9.17, 15) is 14.4 Å². The average molecular weight is 875 g/mol. The Balaban J connectivity index is 4.53. The Bertz CT molecular complexity index is 1280. The van der Waals surface area contributed by atoms with Gasteiger partial charge in [0.05, 0.1) is 0 Å². The van der Waals surface area contributed by atoms with Crippen LogP contribution < -0.4 is 0 Å². The molecule has 1 atom stereocenters. The van der Waals surface area contributed by atoms with E-state index >= 15 is 0 Å². The first-order valence-corrected chi connectivity index (χ1v) is 25.7. The summed E-state index contributed by atoms with van der Waals surface area (Å²) in [5.41, 5.74) is 0. The smallest absolute Gasteiger partial charge is 0.306 e. The third-order valence-electron chi connectivity index (χ3n) is 10.6. The number of hydrogen-bond donors (Lipinski definition) is 0. The van der Waals surface area contributed by atoms with Crippen LogP contribution in [0.5, 0.6) is 0 Å². The topological polar surface area (TPSA) is 78.9 Å². The first-order valence-electron chi connectivity index (χ1n) is 25.7. The lowest BCUT2D eigenvalue weighted by Crippen LogP contribution is -2.30. The van der Waals surface area contributed by atoms with Gasteiger partial charge in [0.15, 0.2) is 6.10 Å². The second kappa shape index (κ2) is 51.0. The molecule has 0 saturated carbocycles. The van der Waals surface area contributed by atoms with E-state index in [1.54, 1.807) is 0 Å². The van der Waals surface area contributed by atoms with Crippen LogP contribution in [-0.4, -0.2) is 37.2 Å². The highest BCUT2D eigenvalue weighted by molar-refractivity contribution is 5.71. The largest absolute Gasteiger partial charge is 0.462 e. The second-order valence-electron chi connectivity index (χ2n) is 16.7. The van der Waals surface area contributed by atoms with Gasteiger partial charge >= 0.3 is 17.9 Å². The molecule has 0 amide bonds. The normalized spacial score (nSPS) is 12.9. The van der Waals surface area contributed by atoms with Gasteiger partial charge in [-0.3, -0.25) is 14.4 Å². The van der Waals surface area contributed by atoms with E-state index < -0.39 is 6.10 Å². The number of unbranched alkanes of at least 4 members (excludes halogenated alkanes) is 18. The monoisotopic (exact) mass is 875 g/mol. The molecule has 0 spiro atoms. The summed E-state index contributed by atoms with van der Waals surface area (Å²) in [6.45, 7) is 6.40. The molecular weight excluding hydrogens is 781 g/mol. The highest BCUT2D eigenvalue weighted by atomic mass is 16.6. The van der Waals surface area contributed by atoms with Gasteiger partial charge in [0.25, 0.3) is 0 Å². The number of esters is 3. The Hall–Kier alpha value is -3.67. The standard InChI is InChI=1S/C57H94O6/c1-4-7-10-13-16-19-22-25-27-28-29-30-31-33-35-38-41-44-47-50-56(59)62-53-54(52-61-55(58)49-46-43-40-37-34-24-21-18-15-12-9-6-3)63-57(60)51-48-45-42-39-36-32-26-23-20-17-14-11-8-5-2/h7,10,16,18-19,21,25,27,29-30,32-33,35-36,41,44,54H,4-6,8-9,11-15,17,20,22-24,26,28,31,34,37-40,42-43,45-53H2,1-3H3/b10-7-,19-16-,21-18-,27-25-,30-29-,35-33-,36-32-,44-41-. The minimum Gasteiger partial charge on any atom is -0.462 e. The van der Waals surface area contributed by atoms with E-state index in [0.717, 1.165) is 103 Å². The van der Waals surface area contributed by atoms with E-state index in [1.807, 2.05) is 12.2 Å². The summed E-state index contributed by atoms with van der Waals surface area (Å²) in [5.74, 6) is -1.03. The first kappa shape index (κ1) is 59.3. The number of carbonyl (C=O) groups excluding carboxylic acids is 3. The Morgan fingerprint density at radius 3 is 1.11 bits per heavy atom. The van der Waals surface area contributed by atoms with Crippen molar-refractivity contribution in [3.05, 3.63) is 97.2 Å². The summed E-state index contributed by atoms with van der Waals surface area (Å²) in [6.07, 6.45) is 66.9. The molecule has 0 N–H and O–H groups in total. The predicted octanol–water partition coefficient (Wildman–Crippen LogP) is 17.0. The van der Waals surface area contributed by atoms with E-state index in [2.05, 4.69) is 106 Å². The average Bonchev–Trinajstić information content (AvgIpc) is 3.28. The number of ether oxygens (including phenoxy) is 3. The highest BCUT2D eigenvalue weighted by Gasteiger charge is 2.19. The molecule has 0 aromatic carbocycles. The molecule has 0 saturated heterocycles. The van der Waals surface area contributed by atoms with Gasteiger partial charge in [0, 0.05) is 19.3 Å².